The van der Waals surface area contributed by atoms with Crippen LogP contribution in [-0.2, 0) is 17.8 Å². The van der Waals surface area contributed by atoms with E-state index in [4.69, 9.17) is 0 Å². The lowest BCUT2D eigenvalue weighted by atomic mass is 9.88. The van der Waals surface area contributed by atoms with E-state index in [9.17, 15) is 4.79 Å². The molecule has 0 fully saturated rings. The number of aryl methyl sites for hydroxylation is 1. The first-order valence-corrected chi connectivity index (χ1v) is 6.50. The summed E-state index contributed by atoms with van der Waals surface area (Å²) in [6.07, 6.45) is 3.30. The molecule has 1 aromatic heterocycles. The van der Waals surface area contributed by atoms with Gasteiger partial charge in [0.1, 0.15) is 5.78 Å². The van der Waals surface area contributed by atoms with Crippen LogP contribution in [0.25, 0.3) is 0 Å². The molecule has 1 heterocycles. The van der Waals surface area contributed by atoms with Crippen molar-refractivity contribution >= 4 is 5.78 Å². The van der Waals surface area contributed by atoms with Crippen LogP contribution in [0, 0.1) is 10.8 Å². The average molecular weight is 251 g/mol. The molecule has 4 nitrogen and oxygen atoms in total. The first kappa shape index (κ1) is 14.9. The Bertz CT molecular complexity index is 407. The lowest BCUT2D eigenvalue weighted by Crippen LogP contribution is -2.22. The molecular formula is C14H25N3O. The predicted octanol–water partition coefficient (Wildman–Crippen LogP) is 2.87. The van der Waals surface area contributed by atoms with Gasteiger partial charge in [-0.2, -0.15) is 0 Å². The first-order valence-electron chi connectivity index (χ1n) is 6.50. The summed E-state index contributed by atoms with van der Waals surface area (Å²) in [5, 5.41) is 8.13. The Labute approximate surface area is 110 Å². The minimum Gasteiger partial charge on any atom is -0.299 e. The Balaban J connectivity index is 2.56. The van der Waals surface area contributed by atoms with Crippen LogP contribution in [-0.4, -0.2) is 20.8 Å². The van der Waals surface area contributed by atoms with E-state index in [-0.39, 0.29) is 16.6 Å². The highest BCUT2D eigenvalue weighted by Gasteiger charge is 2.22. The van der Waals surface area contributed by atoms with E-state index in [2.05, 4.69) is 31.1 Å². The number of ketones is 1. The van der Waals surface area contributed by atoms with Gasteiger partial charge >= 0.3 is 0 Å². The number of rotatable bonds is 4. The highest BCUT2D eigenvalue weighted by atomic mass is 16.1. The van der Waals surface area contributed by atoms with Gasteiger partial charge in [-0.25, -0.2) is 0 Å². The molecule has 0 N–H and O–H groups in total. The molecule has 4 heteroatoms. The van der Waals surface area contributed by atoms with Crippen LogP contribution >= 0.6 is 0 Å². The molecule has 0 saturated carbocycles. The molecule has 0 unspecified atom stereocenters. The van der Waals surface area contributed by atoms with Gasteiger partial charge in [0, 0.05) is 18.2 Å². The summed E-state index contributed by atoms with van der Waals surface area (Å²) in [7, 11) is 0. The molecule has 0 saturated heterocycles. The van der Waals surface area contributed by atoms with Crippen molar-refractivity contribution in [3.05, 3.63) is 11.9 Å². The summed E-state index contributed by atoms with van der Waals surface area (Å²) >= 11 is 0. The number of hydrogen-bond acceptors (Lipinski definition) is 3. The second-order valence-electron chi connectivity index (χ2n) is 7.13. The van der Waals surface area contributed by atoms with Gasteiger partial charge in [-0.3, -0.25) is 9.48 Å². The van der Waals surface area contributed by atoms with Gasteiger partial charge in [-0.1, -0.05) is 46.8 Å². The maximum absolute atomic E-state index is 11.9. The standard InChI is InChI=1S/C14H25N3O/c1-13(2,3)7-8-17-10-11(15-16-17)9-12(18)14(4,5)6/h10H,7-9H2,1-6H3. The van der Waals surface area contributed by atoms with Gasteiger partial charge < -0.3 is 0 Å². The van der Waals surface area contributed by atoms with Crippen molar-refractivity contribution in [2.75, 3.05) is 0 Å². The van der Waals surface area contributed by atoms with Crippen molar-refractivity contribution in [3.8, 4) is 0 Å². The molecule has 0 atom stereocenters. The summed E-state index contributed by atoms with van der Waals surface area (Å²) in [6, 6.07) is 0. The molecule has 1 rings (SSSR count). The molecule has 18 heavy (non-hydrogen) atoms. The number of Topliss-reactive ketones (excluding diaryl/α,β-unsaturated/α-hetero) is 1. The van der Waals surface area contributed by atoms with Gasteiger partial charge in [-0.05, 0) is 11.8 Å². The zero-order chi connectivity index (χ0) is 14.0. The number of nitrogens with zero attached hydrogens (tertiary/aromatic N) is 3. The van der Waals surface area contributed by atoms with Crippen molar-refractivity contribution in [1.82, 2.24) is 15.0 Å². The lowest BCUT2D eigenvalue weighted by Gasteiger charge is -2.17. The van der Waals surface area contributed by atoms with Gasteiger partial charge in [0.25, 0.3) is 0 Å². The lowest BCUT2D eigenvalue weighted by molar-refractivity contribution is -0.125. The van der Waals surface area contributed by atoms with Gasteiger partial charge in [0.15, 0.2) is 0 Å². The predicted molar refractivity (Wildman–Crippen MR) is 72.3 cm³/mol. The van der Waals surface area contributed by atoms with E-state index in [1.54, 1.807) is 0 Å². The highest BCUT2D eigenvalue weighted by molar-refractivity contribution is 5.85. The minimum absolute atomic E-state index is 0.199. The smallest absolute Gasteiger partial charge is 0.144 e. The van der Waals surface area contributed by atoms with E-state index in [1.165, 1.54) is 0 Å². The van der Waals surface area contributed by atoms with E-state index in [0.717, 1.165) is 18.7 Å². The third-order valence-electron chi connectivity index (χ3n) is 2.86. The quantitative estimate of drug-likeness (QED) is 0.826. The fourth-order valence-electron chi connectivity index (χ4n) is 1.41. The highest BCUT2D eigenvalue weighted by Crippen LogP contribution is 2.19. The Morgan fingerprint density at radius 1 is 1.22 bits per heavy atom. The summed E-state index contributed by atoms with van der Waals surface area (Å²) in [6.45, 7) is 13.2. The molecule has 0 aromatic carbocycles. The second kappa shape index (κ2) is 5.21. The number of carbonyl (C=O) groups excluding carboxylic acids is 1. The molecule has 0 radical (unpaired) electrons. The Kier molecular flexibility index (Phi) is 4.30. The Morgan fingerprint density at radius 2 is 1.83 bits per heavy atom. The van der Waals surface area contributed by atoms with Gasteiger partial charge in [0.05, 0.1) is 12.1 Å². The van der Waals surface area contributed by atoms with Gasteiger partial charge in [-0.15, -0.1) is 5.10 Å². The fourth-order valence-corrected chi connectivity index (χ4v) is 1.41. The van der Waals surface area contributed by atoms with Crippen LogP contribution in [0.1, 0.15) is 53.7 Å². The van der Waals surface area contributed by atoms with E-state index in [1.807, 2.05) is 31.6 Å². The molecule has 0 aliphatic heterocycles. The molecule has 1 aromatic rings. The maximum atomic E-state index is 11.9. The first-order chi connectivity index (χ1) is 8.08. The van der Waals surface area contributed by atoms with Crippen LogP contribution in [0.3, 0.4) is 0 Å². The Morgan fingerprint density at radius 3 is 2.33 bits per heavy atom. The van der Waals surface area contributed by atoms with Crippen LogP contribution < -0.4 is 0 Å². The molecule has 0 bridgehead atoms. The summed E-state index contributed by atoms with van der Waals surface area (Å²) < 4.78 is 1.83. The van der Waals surface area contributed by atoms with Crippen molar-refractivity contribution in [2.24, 2.45) is 10.8 Å². The Hall–Kier alpha value is -1.19. The second-order valence-corrected chi connectivity index (χ2v) is 7.13. The number of carbonyl (C=O) groups is 1. The van der Waals surface area contributed by atoms with Crippen LogP contribution in [0.4, 0.5) is 0 Å². The normalized spacial score (nSPS) is 12.8. The molecule has 0 spiro atoms. The summed E-state index contributed by atoms with van der Waals surface area (Å²) in [5.41, 5.74) is 0.742. The van der Waals surface area contributed by atoms with Gasteiger partial charge in [0.2, 0.25) is 0 Å². The minimum atomic E-state index is -0.310. The molecule has 0 amide bonds. The number of aromatic nitrogens is 3. The van der Waals surface area contributed by atoms with Crippen molar-refractivity contribution in [2.45, 2.75) is 60.9 Å². The van der Waals surface area contributed by atoms with Crippen molar-refractivity contribution in [1.29, 1.82) is 0 Å². The third-order valence-corrected chi connectivity index (χ3v) is 2.86. The van der Waals surface area contributed by atoms with Crippen molar-refractivity contribution < 1.29 is 4.79 Å². The summed E-state index contributed by atoms with van der Waals surface area (Å²) in [4.78, 5) is 11.9. The summed E-state index contributed by atoms with van der Waals surface area (Å²) in [5.74, 6) is 0.199. The van der Waals surface area contributed by atoms with E-state index >= 15 is 0 Å². The van der Waals surface area contributed by atoms with Crippen LogP contribution in [0.5, 0.6) is 0 Å². The largest absolute Gasteiger partial charge is 0.299 e. The topological polar surface area (TPSA) is 47.8 Å². The molecule has 0 aliphatic carbocycles. The third kappa shape index (κ3) is 4.98. The SMILES string of the molecule is CC(C)(C)CCn1cc(CC(=O)C(C)(C)C)nn1. The zero-order valence-corrected chi connectivity index (χ0v) is 12.4. The van der Waals surface area contributed by atoms with Crippen LogP contribution in [0.2, 0.25) is 0 Å². The zero-order valence-electron chi connectivity index (χ0n) is 12.4. The monoisotopic (exact) mass is 251 g/mol. The number of hydrogen-bond donors (Lipinski definition) is 0. The van der Waals surface area contributed by atoms with Crippen molar-refractivity contribution in [3.63, 3.8) is 0 Å². The maximum Gasteiger partial charge on any atom is 0.144 e. The molecule has 0 aliphatic rings. The van der Waals surface area contributed by atoms with Crippen LogP contribution in [0.15, 0.2) is 6.20 Å². The van der Waals surface area contributed by atoms with E-state index in [0.29, 0.717) is 6.42 Å². The molecular weight excluding hydrogens is 226 g/mol. The average Bonchev–Trinajstić information content (AvgIpc) is 2.60. The molecule has 102 valence electrons. The van der Waals surface area contributed by atoms with E-state index < -0.39 is 0 Å². The fraction of sp³-hybridized carbons (Fsp3) is 0.786.